The van der Waals surface area contributed by atoms with Crippen LogP contribution in [0.2, 0.25) is 0 Å². The van der Waals surface area contributed by atoms with Crippen molar-refractivity contribution in [3.63, 3.8) is 0 Å². The molecule has 1 nitrogen and oxygen atoms in total. The Hall–Kier alpha value is -0.0400. The van der Waals surface area contributed by atoms with E-state index in [1.54, 1.807) is 0 Å². The van der Waals surface area contributed by atoms with Crippen LogP contribution >= 0.6 is 0 Å². The second kappa shape index (κ2) is 7.27. The molecule has 1 aliphatic carbocycles. The lowest BCUT2D eigenvalue weighted by Crippen LogP contribution is -2.14. The number of rotatable bonds is 10. The average molecular weight is 211 g/mol. The van der Waals surface area contributed by atoms with Crippen LogP contribution in [-0.2, 0) is 0 Å². The average Bonchev–Trinajstić information content (AvgIpc) is 3.03. The van der Waals surface area contributed by atoms with Gasteiger partial charge >= 0.3 is 0 Å². The van der Waals surface area contributed by atoms with Gasteiger partial charge in [-0.25, -0.2) is 0 Å². The molecule has 0 radical (unpaired) electrons. The van der Waals surface area contributed by atoms with E-state index < -0.39 is 0 Å². The van der Waals surface area contributed by atoms with Crippen molar-refractivity contribution in [2.24, 2.45) is 11.1 Å². The maximum absolute atomic E-state index is 5.76. The minimum absolute atomic E-state index is 0.613. The van der Waals surface area contributed by atoms with E-state index >= 15 is 0 Å². The van der Waals surface area contributed by atoms with Gasteiger partial charge in [-0.3, -0.25) is 0 Å². The maximum atomic E-state index is 5.76. The first-order valence-corrected chi connectivity index (χ1v) is 7.03. The van der Waals surface area contributed by atoms with Gasteiger partial charge in [-0.15, -0.1) is 0 Å². The van der Waals surface area contributed by atoms with Gasteiger partial charge in [0.25, 0.3) is 0 Å². The highest BCUT2D eigenvalue weighted by atomic mass is 14.6. The summed E-state index contributed by atoms with van der Waals surface area (Å²) in [5.74, 6) is 0. The Morgan fingerprint density at radius 3 is 1.87 bits per heavy atom. The third kappa shape index (κ3) is 5.55. The third-order valence-electron chi connectivity index (χ3n) is 3.95. The van der Waals surface area contributed by atoms with Crippen LogP contribution in [0.25, 0.3) is 0 Å². The molecule has 0 amide bonds. The summed E-state index contributed by atoms with van der Waals surface area (Å²) in [5.41, 5.74) is 6.38. The summed E-state index contributed by atoms with van der Waals surface area (Å²) in [6.07, 6.45) is 15.7. The molecule has 1 rings (SSSR count). The summed E-state index contributed by atoms with van der Waals surface area (Å²) in [6.45, 7) is 3.21. The second-order valence-corrected chi connectivity index (χ2v) is 5.43. The van der Waals surface area contributed by atoms with E-state index in [-0.39, 0.29) is 0 Å². The van der Waals surface area contributed by atoms with Gasteiger partial charge in [0.1, 0.15) is 0 Å². The fourth-order valence-corrected chi connectivity index (χ4v) is 2.37. The highest BCUT2D eigenvalue weighted by molar-refractivity contribution is 4.93. The molecule has 1 fully saturated rings. The molecule has 0 saturated heterocycles. The lowest BCUT2D eigenvalue weighted by Gasteiger charge is -2.11. The Kier molecular flexibility index (Phi) is 6.31. The fourth-order valence-electron chi connectivity index (χ4n) is 2.37. The lowest BCUT2D eigenvalue weighted by atomic mass is 9.98. The first-order valence-electron chi connectivity index (χ1n) is 7.03. The lowest BCUT2D eigenvalue weighted by molar-refractivity contribution is 0.440. The van der Waals surface area contributed by atoms with Crippen molar-refractivity contribution in [2.45, 2.75) is 77.6 Å². The highest BCUT2D eigenvalue weighted by Gasteiger charge is 2.39. The zero-order valence-electron chi connectivity index (χ0n) is 10.6. The van der Waals surface area contributed by atoms with Crippen molar-refractivity contribution in [1.82, 2.24) is 0 Å². The predicted octanol–water partition coefficient (Wildman–Crippen LogP) is 4.26. The predicted molar refractivity (Wildman–Crippen MR) is 67.9 cm³/mol. The van der Waals surface area contributed by atoms with Gasteiger partial charge in [0.2, 0.25) is 0 Å². The Labute approximate surface area is 95.8 Å². The van der Waals surface area contributed by atoms with Gasteiger partial charge in [-0.05, 0) is 31.2 Å². The first-order chi connectivity index (χ1) is 7.33. The topological polar surface area (TPSA) is 26.0 Å². The van der Waals surface area contributed by atoms with E-state index in [1.165, 1.54) is 70.6 Å². The van der Waals surface area contributed by atoms with Gasteiger partial charge in [0.05, 0.1) is 0 Å². The molecule has 0 aromatic carbocycles. The van der Waals surface area contributed by atoms with Crippen LogP contribution in [-0.4, -0.2) is 6.54 Å². The van der Waals surface area contributed by atoms with E-state index in [0.717, 1.165) is 6.54 Å². The molecule has 1 aliphatic rings. The monoisotopic (exact) mass is 211 g/mol. The SMILES string of the molecule is CCCCCCCCCCC1(CN)CC1. The minimum atomic E-state index is 0.613. The Morgan fingerprint density at radius 1 is 0.867 bits per heavy atom. The summed E-state index contributed by atoms with van der Waals surface area (Å²) < 4.78 is 0. The number of unbranched alkanes of at least 4 members (excludes halogenated alkanes) is 7. The molecular weight excluding hydrogens is 182 g/mol. The van der Waals surface area contributed by atoms with Crippen LogP contribution in [0.15, 0.2) is 0 Å². The molecule has 15 heavy (non-hydrogen) atoms. The standard InChI is InChI=1S/C14H29N/c1-2-3-4-5-6-7-8-9-10-14(13-15)11-12-14/h2-13,15H2,1H3. The molecule has 0 aliphatic heterocycles. The summed E-state index contributed by atoms with van der Waals surface area (Å²) in [5, 5.41) is 0. The molecule has 1 heteroatoms. The van der Waals surface area contributed by atoms with Crippen LogP contribution in [0.1, 0.15) is 77.6 Å². The molecule has 0 aromatic rings. The summed E-state index contributed by atoms with van der Waals surface area (Å²) >= 11 is 0. The molecule has 0 aromatic heterocycles. The molecular formula is C14H29N. The quantitative estimate of drug-likeness (QED) is 0.537. The minimum Gasteiger partial charge on any atom is -0.330 e. The van der Waals surface area contributed by atoms with Crippen LogP contribution in [0.3, 0.4) is 0 Å². The van der Waals surface area contributed by atoms with Crippen molar-refractivity contribution < 1.29 is 0 Å². The van der Waals surface area contributed by atoms with E-state index in [2.05, 4.69) is 6.92 Å². The van der Waals surface area contributed by atoms with Gasteiger partial charge < -0.3 is 5.73 Å². The number of nitrogens with two attached hydrogens (primary N) is 1. The normalized spacial score (nSPS) is 18.0. The smallest absolute Gasteiger partial charge is 0.00205 e. The van der Waals surface area contributed by atoms with Crippen molar-refractivity contribution in [1.29, 1.82) is 0 Å². The van der Waals surface area contributed by atoms with Crippen LogP contribution in [0, 0.1) is 5.41 Å². The second-order valence-electron chi connectivity index (χ2n) is 5.43. The molecule has 0 atom stereocenters. The molecule has 1 saturated carbocycles. The molecule has 0 unspecified atom stereocenters. The van der Waals surface area contributed by atoms with Crippen molar-refractivity contribution >= 4 is 0 Å². The zero-order valence-corrected chi connectivity index (χ0v) is 10.6. The van der Waals surface area contributed by atoms with E-state index in [0.29, 0.717) is 5.41 Å². The van der Waals surface area contributed by atoms with Crippen LogP contribution < -0.4 is 5.73 Å². The largest absolute Gasteiger partial charge is 0.330 e. The Balaban J connectivity index is 1.77. The molecule has 2 N–H and O–H groups in total. The highest BCUT2D eigenvalue weighted by Crippen LogP contribution is 2.48. The first kappa shape index (κ1) is 13.0. The fraction of sp³-hybridized carbons (Fsp3) is 1.00. The third-order valence-corrected chi connectivity index (χ3v) is 3.95. The Bertz CT molecular complexity index is 149. The van der Waals surface area contributed by atoms with Crippen molar-refractivity contribution in [3.8, 4) is 0 Å². The number of hydrogen-bond donors (Lipinski definition) is 1. The molecule has 0 bridgehead atoms. The van der Waals surface area contributed by atoms with Crippen LogP contribution in [0.5, 0.6) is 0 Å². The maximum Gasteiger partial charge on any atom is -0.00205 e. The summed E-state index contributed by atoms with van der Waals surface area (Å²) in [4.78, 5) is 0. The van der Waals surface area contributed by atoms with E-state index in [1.807, 2.05) is 0 Å². The van der Waals surface area contributed by atoms with Gasteiger partial charge in [0, 0.05) is 0 Å². The molecule has 0 heterocycles. The van der Waals surface area contributed by atoms with Gasteiger partial charge in [-0.1, -0.05) is 58.3 Å². The number of hydrogen-bond acceptors (Lipinski definition) is 1. The van der Waals surface area contributed by atoms with Gasteiger partial charge in [-0.2, -0.15) is 0 Å². The van der Waals surface area contributed by atoms with E-state index in [9.17, 15) is 0 Å². The summed E-state index contributed by atoms with van der Waals surface area (Å²) in [7, 11) is 0. The zero-order chi connectivity index (χ0) is 11.0. The molecule has 0 spiro atoms. The van der Waals surface area contributed by atoms with Crippen molar-refractivity contribution in [2.75, 3.05) is 6.54 Å². The van der Waals surface area contributed by atoms with Crippen molar-refractivity contribution in [3.05, 3.63) is 0 Å². The Morgan fingerprint density at radius 2 is 1.40 bits per heavy atom. The van der Waals surface area contributed by atoms with Crippen LogP contribution in [0.4, 0.5) is 0 Å². The van der Waals surface area contributed by atoms with Gasteiger partial charge in [0.15, 0.2) is 0 Å². The summed E-state index contributed by atoms with van der Waals surface area (Å²) in [6, 6.07) is 0. The molecule has 90 valence electrons. The van der Waals surface area contributed by atoms with E-state index in [4.69, 9.17) is 5.73 Å².